The van der Waals surface area contributed by atoms with Gasteiger partial charge in [-0.05, 0) is 43.7 Å². The van der Waals surface area contributed by atoms with Gasteiger partial charge in [-0.25, -0.2) is 4.39 Å². The Bertz CT molecular complexity index is 912. The maximum atomic E-state index is 14.3. The van der Waals surface area contributed by atoms with Crippen molar-refractivity contribution < 1.29 is 27.5 Å². The van der Waals surface area contributed by atoms with Gasteiger partial charge in [0.2, 0.25) is 0 Å². The molecule has 1 fully saturated rings. The predicted octanol–water partition coefficient (Wildman–Crippen LogP) is 4.91. The largest absolute Gasteiger partial charge is 0.482 e. The van der Waals surface area contributed by atoms with E-state index < -0.39 is 12.8 Å². The first-order valence-electron chi connectivity index (χ1n) is 10.5. The van der Waals surface area contributed by atoms with Crippen LogP contribution in [0.25, 0.3) is 0 Å². The van der Waals surface area contributed by atoms with Crippen LogP contribution in [0.5, 0.6) is 5.75 Å². The number of oxime groups is 1. The molecule has 2 aromatic carbocycles. The fourth-order valence-corrected chi connectivity index (χ4v) is 3.94. The molecule has 0 saturated carbocycles. The van der Waals surface area contributed by atoms with Gasteiger partial charge in [0.25, 0.3) is 0 Å². The smallest absolute Gasteiger partial charge is 0.422 e. The molecule has 1 atom stereocenters. The molecule has 1 heterocycles. The summed E-state index contributed by atoms with van der Waals surface area (Å²) in [5.41, 5.74) is 1.59. The van der Waals surface area contributed by atoms with E-state index in [0.29, 0.717) is 56.1 Å². The van der Waals surface area contributed by atoms with Crippen molar-refractivity contribution in [3.63, 3.8) is 0 Å². The normalized spacial score (nSPS) is 16.8. The number of halogens is 4. The standard InChI is InChI=1S/C23H27F4N3O2/c1-17(28-31)18(19-6-2-3-7-20(19)24)10-11-29-12-14-30(15-13-29)21-8-4-5-9-22(21)32-16-23(25,26)27/h2-9,18,31H,10-16H2,1H3/b28-17+. The van der Waals surface area contributed by atoms with Gasteiger partial charge in [-0.15, -0.1) is 0 Å². The maximum absolute atomic E-state index is 14.3. The molecule has 0 aliphatic carbocycles. The van der Waals surface area contributed by atoms with Gasteiger partial charge in [0, 0.05) is 32.1 Å². The lowest BCUT2D eigenvalue weighted by Crippen LogP contribution is -2.47. The number of alkyl halides is 3. The van der Waals surface area contributed by atoms with Crippen LogP contribution in [0.15, 0.2) is 53.7 Å². The van der Waals surface area contributed by atoms with E-state index in [1.165, 1.54) is 6.07 Å². The first-order chi connectivity index (χ1) is 15.3. The van der Waals surface area contributed by atoms with E-state index in [-0.39, 0.29) is 17.5 Å². The number of hydrogen-bond donors (Lipinski definition) is 1. The summed E-state index contributed by atoms with van der Waals surface area (Å²) in [5, 5.41) is 12.5. The molecule has 5 nitrogen and oxygen atoms in total. The van der Waals surface area contributed by atoms with Gasteiger partial charge in [0.1, 0.15) is 11.6 Å². The van der Waals surface area contributed by atoms with Crippen LogP contribution in [0.3, 0.4) is 0 Å². The molecule has 9 heteroatoms. The van der Waals surface area contributed by atoms with Gasteiger partial charge < -0.3 is 14.8 Å². The Labute approximate surface area is 184 Å². The molecule has 3 rings (SSSR count). The topological polar surface area (TPSA) is 48.3 Å². The fraction of sp³-hybridized carbons (Fsp3) is 0.435. The molecule has 32 heavy (non-hydrogen) atoms. The molecule has 0 aromatic heterocycles. The number of anilines is 1. The van der Waals surface area contributed by atoms with Crippen LogP contribution in [0.2, 0.25) is 0 Å². The van der Waals surface area contributed by atoms with E-state index in [0.717, 1.165) is 0 Å². The van der Waals surface area contributed by atoms with Crippen molar-refractivity contribution in [2.24, 2.45) is 5.16 Å². The molecule has 1 saturated heterocycles. The SMILES string of the molecule is C/C(=N\O)C(CCN1CCN(c2ccccc2OCC(F)(F)F)CC1)c1ccccc1F. The van der Waals surface area contributed by atoms with E-state index in [1.807, 2.05) is 4.90 Å². The Morgan fingerprint density at radius 3 is 2.38 bits per heavy atom. The molecule has 1 unspecified atom stereocenters. The second-order valence-corrected chi connectivity index (χ2v) is 7.80. The van der Waals surface area contributed by atoms with Gasteiger partial charge in [-0.1, -0.05) is 35.5 Å². The van der Waals surface area contributed by atoms with Crippen molar-refractivity contribution >= 4 is 11.4 Å². The molecular weight excluding hydrogens is 426 g/mol. The lowest BCUT2D eigenvalue weighted by Gasteiger charge is -2.37. The minimum Gasteiger partial charge on any atom is -0.482 e. The van der Waals surface area contributed by atoms with Crippen LogP contribution in [0.4, 0.5) is 23.2 Å². The van der Waals surface area contributed by atoms with Crippen LogP contribution in [0, 0.1) is 5.82 Å². The Morgan fingerprint density at radius 1 is 1.06 bits per heavy atom. The monoisotopic (exact) mass is 453 g/mol. The molecule has 0 radical (unpaired) electrons. The van der Waals surface area contributed by atoms with E-state index in [1.54, 1.807) is 49.4 Å². The summed E-state index contributed by atoms with van der Waals surface area (Å²) in [7, 11) is 0. The van der Waals surface area contributed by atoms with Gasteiger partial charge in [-0.3, -0.25) is 4.90 Å². The van der Waals surface area contributed by atoms with Crippen LogP contribution < -0.4 is 9.64 Å². The van der Waals surface area contributed by atoms with Gasteiger partial charge in [-0.2, -0.15) is 13.2 Å². The Hall–Kier alpha value is -2.81. The zero-order chi connectivity index (χ0) is 23.1. The third-order valence-corrected chi connectivity index (χ3v) is 5.65. The Balaban J connectivity index is 1.59. The summed E-state index contributed by atoms with van der Waals surface area (Å²) >= 11 is 0. The van der Waals surface area contributed by atoms with E-state index in [2.05, 4.69) is 10.1 Å². The van der Waals surface area contributed by atoms with Crippen LogP contribution >= 0.6 is 0 Å². The molecule has 1 aliphatic heterocycles. The third-order valence-electron chi connectivity index (χ3n) is 5.65. The molecule has 0 amide bonds. The highest BCUT2D eigenvalue weighted by Crippen LogP contribution is 2.31. The number of ether oxygens (including phenoxy) is 1. The number of nitrogens with zero attached hydrogens (tertiary/aromatic N) is 3. The summed E-state index contributed by atoms with van der Waals surface area (Å²) in [6.45, 7) is 3.68. The summed E-state index contributed by atoms with van der Waals surface area (Å²) < 4.78 is 56.9. The Kier molecular flexibility index (Phi) is 7.95. The van der Waals surface area contributed by atoms with E-state index in [4.69, 9.17) is 4.74 Å². The number of benzene rings is 2. The van der Waals surface area contributed by atoms with Crippen LogP contribution in [0.1, 0.15) is 24.8 Å². The number of rotatable bonds is 8. The first-order valence-corrected chi connectivity index (χ1v) is 10.5. The average molecular weight is 453 g/mol. The van der Waals surface area contributed by atoms with Crippen molar-refractivity contribution in [3.05, 3.63) is 59.9 Å². The van der Waals surface area contributed by atoms with Gasteiger partial charge in [0.15, 0.2) is 6.61 Å². The number of para-hydroxylation sites is 2. The molecule has 1 N–H and O–H groups in total. The van der Waals surface area contributed by atoms with Crippen LogP contribution in [-0.4, -0.2) is 61.3 Å². The van der Waals surface area contributed by atoms with Crippen molar-refractivity contribution in [2.75, 3.05) is 44.2 Å². The summed E-state index contributed by atoms with van der Waals surface area (Å²) in [6.07, 6.45) is -3.81. The molecule has 0 spiro atoms. The molecule has 0 bridgehead atoms. The zero-order valence-corrected chi connectivity index (χ0v) is 17.9. The fourth-order valence-electron chi connectivity index (χ4n) is 3.94. The molecule has 2 aromatic rings. The lowest BCUT2D eigenvalue weighted by molar-refractivity contribution is -0.153. The Morgan fingerprint density at radius 2 is 1.72 bits per heavy atom. The average Bonchev–Trinajstić information content (AvgIpc) is 2.79. The number of piperazine rings is 1. The first kappa shape index (κ1) is 23.8. The minimum atomic E-state index is -4.39. The predicted molar refractivity (Wildman–Crippen MR) is 115 cm³/mol. The summed E-state index contributed by atoms with van der Waals surface area (Å²) in [5.74, 6) is -0.454. The molecular formula is C23H27F4N3O2. The molecule has 174 valence electrons. The molecule has 1 aliphatic rings. The third kappa shape index (κ3) is 6.35. The number of hydrogen-bond acceptors (Lipinski definition) is 5. The summed E-state index contributed by atoms with van der Waals surface area (Å²) in [6, 6.07) is 13.2. The van der Waals surface area contributed by atoms with Crippen LogP contribution in [-0.2, 0) is 0 Å². The van der Waals surface area contributed by atoms with Crippen molar-refractivity contribution in [1.29, 1.82) is 0 Å². The van der Waals surface area contributed by atoms with Crippen molar-refractivity contribution in [1.82, 2.24) is 4.90 Å². The lowest BCUT2D eigenvalue weighted by atomic mass is 9.91. The zero-order valence-electron chi connectivity index (χ0n) is 17.9. The van der Waals surface area contributed by atoms with Crippen molar-refractivity contribution in [2.45, 2.75) is 25.4 Å². The van der Waals surface area contributed by atoms with E-state index >= 15 is 0 Å². The van der Waals surface area contributed by atoms with E-state index in [9.17, 15) is 22.8 Å². The highest BCUT2D eigenvalue weighted by molar-refractivity contribution is 5.88. The highest BCUT2D eigenvalue weighted by atomic mass is 19.4. The second-order valence-electron chi connectivity index (χ2n) is 7.80. The maximum Gasteiger partial charge on any atom is 0.422 e. The second kappa shape index (κ2) is 10.7. The quantitative estimate of drug-likeness (QED) is 0.267. The summed E-state index contributed by atoms with van der Waals surface area (Å²) in [4.78, 5) is 4.23. The highest BCUT2D eigenvalue weighted by Gasteiger charge is 2.29. The van der Waals surface area contributed by atoms with Crippen molar-refractivity contribution in [3.8, 4) is 5.75 Å². The van der Waals surface area contributed by atoms with Gasteiger partial charge in [0.05, 0.1) is 11.4 Å². The van der Waals surface area contributed by atoms with Gasteiger partial charge >= 0.3 is 6.18 Å². The minimum absolute atomic E-state index is 0.215.